The van der Waals surface area contributed by atoms with Gasteiger partial charge in [-0.2, -0.15) is 0 Å². The molecule has 0 rings (SSSR count). The van der Waals surface area contributed by atoms with Crippen molar-refractivity contribution in [3.63, 3.8) is 0 Å². The second-order valence-electron chi connectivity index (χ2n) is 1.20. The van der Waals surface area contributed by atoms with Crippen molar-refractivity contribution in [3.05, 3.63) is 0 Å². The fraction of sp³-hybridized carbons (Fsp3) is 1.00. The highest BCUT2D eigenvalue weighted by Crippen LogP contribution is 1.73. The summed E-state index contributed by atoms with van der Waals surface area (Å²) in [6.07, 6.45) is 2.25. The van der Waals surface area contributed by atoms with Crippen LogP contribution in [0.15, 0.2) is 0 Å². The van der Waals surface area contributed by atoms with Gasteiger partial charge in [0.25, 0.3) is 0 Å². The lowest BCUT2D eigenvalue weighted by Gasteiger charge is -1.91. The third kappa shape index (κ3) is 4.39. The monoisotopic (exact) mass is 105 g/mol. The molecular weight excluding hydrogens is 93.0 g/mol. The highest BCUT2D eigenvalue weighted by Gasteiger charge is 1.71. The molecule has 1 unspecified atom stereocenters. The molecule has 0 aliphatic heterocycles. The van der Waals surface area contributed by atoms with Crippen molar-refractivity contribution >= 4 is 9.24 Å². The minimum absolute atomic E-state index is 1.02. The van der Waals surface area contributed by atoms with Crippen LogP contribution in [0.5, 0.6) is 0 Å². The second kappa shape index (κ2) is 5.39. The molecule has 38 valence electrons. The predicted molar refractivity (Wildman–Crippen MR) is 32.9 cm³/mol. The summed E-state index contributed by atoms with van der Waals surface area (Å²) in [6, 6.07) is 0. The summed E-state index contributed by atoms with van der Waals surface area (Å²) < 4.78 is 0. The normalized spacial score (nSPS) is 9.00. The molecule has 1 nitrogen and oxygen atoms in total. The second-order valence-corrected chi connectivity index (χ2v) is 1.61. The minimum Gasteiger partial charge on any atom is -0.313 e. The van der Waals surface area contributed by atoms with Crippen molar-refractivity contribution in [2.45, 2.75) is 13.3 Å². The Morgan fingerprint density at radius 3 is 2.50 bits per heavy atom. The first kappa shape index (κ1) is 6.39. The molecule has 0 spiro atoms. The largest absolute Gasteiger partial charge is 0.313 e. The van der Waals surface area contributed by atoms with Crippen molar-refractivity contribution in [3.8, 4) is 0 Å². The Morgan fingerprint density at radius 2 is 2.33 bits per heavy atom. The van der Waals surface area contributed by atoms with E-state index in [1.807, 2.05) is 0 Å². The zero-order valence-corrected chi connectivity index (χ0v) is 5.35. The molecule has 0 heterocycles. The van der Waals surface area contributed by atoms with Crippen LogP contribution in [0.2, 0.25) is 0 Å². The van der Waals surface area contributed by atoms with Gasteiger partial charge in [-0.1, -0.05) is 6.92 Å². The molecule has 0 aliphatic carbocycles. The van der Waals surface area contributed by atoms with Gasteiger partial charge >= 0.3 is 0 Å². The van der Waals surface area contributed by atoms with Gasteiger partial charge in [0, 0.05) is 6.29 Å². The SMILES string of the molecule is CCCNCP. The van der Waals surface area contributed by atoms with Crippen LogP contribution in [-0.4, -0.2) is 12.8 Å². The van der Waals surface area contributed by atoms with Crippen LogP contribution in [0.1, 0.15) is 13.3 Å². The Bertz CT molecular complexity index is 19.5. The molecule has 0 saturated heterocycles. The van der Waals surface area contributed by atoms with Gasteiger partial charge in [-0.05, 0) is 13.0 Å². The predicted octanol–water partition coefficient (Wildman–Crippen LogP) is 0.819. The highest BCUT2D eigenvalue weighted by molar-refractivity contribution is 7.16. The van der Waals surface area contributed by atoms with E-state index in [9.17, 15) is 0 Å². The van der Waals surface area contributed by atoms with Crippen LogP contribution in [0.4, 0.5) is 0 Å². The number of hydrogen-bond acceptors (Lipinski definition) is 1. The standard InChI is InChI=1S/C4H12NP/c1-2-3-5-4-6/h5H,2-4,6H2,1H3. The zero-order valence-electron chi connectivity index (χ0n) is 4.20. The topological polar surface area (TPSA) is 12.0 Å². The van der Waals surface area contributed by atoms with E-state index in [0.29, 0.717) is 0 Å². The van der Waals surface area contributed by atoms with Gasteiger partial charge in [0.15, 0.2) is 0 Å². The van der Waals surface area contributed by atoms with E-state index < -0.39 is 0 Å². The summed E-state index contributed by atoms with van der Waals surface area (Å²) in [5.74, 6) is 0. The molecule has 0 aromatic rings. The quantitative estimate of drug-likeness (QED) is 0.414. The van der Waals surface area contributed by atoms with Crippen LogP contribution >= 0.6 is 9.24 Å². The zero-order chi connectivity index (χ0) is 4.83. The van der Waals surface area contributed by atoms with Crippen molar-refractivity contribution in [2.75, 3.05) is 12.8 Å². The van der Waals surface area contributed by atoms with Gasteiger partial charge in [-0.25, -0.2) is 0 Å². The summed E-state index contributed by atoms with van der Waals surface area (Å²) in [5.41, 5.74) is 0. The smallest absolute Gasteiger partial charge is 0.00980 e. The molecule has 1 atom stereocenters. The Labute approximate surface area is 41.7 Å². The molecule has 0 fully saturated rings. The van der Waals surface area contributed by atoms with E-state index in [2.05, 4.69) is 21.5 Å². The van der Waals surface area contributed by atoms with Crippen molar-refractivity contribution in [1.82, 2.24) is 5.32 Å². The average Bonchev–Trinajstić information content (AvgIpc) is 1.61. The average molecular weight is 105 g/mol. The molecular formula is C4H12NP. The fourth-order valence-electron chi connectivity index (χ4n) is 0.279. The molecule has 0 aliphatic rings. The van der Waals surface area contributed by atoms with Gasteiger partial charge in [0.2, 0.25) is 0 Å². The van der Waals surface area contributed by atoms with Crippen molar-refractivity contribution in [2.24, 2.45) is 0 Å². The van der Waals surface area contributed by atoms with Gasteiger partial charge in [0.05, 0.1) is 0 Å². The van der Waals surface area contributed by atoms with Crippen LogP contribution in [0, 0.1) is 0 Å². The summed E-state index contributed by atoms with van der Waals surface area (Å²) in [7, 11) is 2.62. The molecule has 2 heteroatoms. The number of rotatable bonds is 3. The van der Waals surface area contributed by atoms with Crippen LogP contribution < -0.4 is 5.32 Å². The molecule has 0 aromatic carbocycles. The van der Waals surface area contributed by atoms with E-state index in [0.717, 1.165) is 12.8 Å². The Kier molecular flexibility index (Phi) is 5.74. The van der Waals surface area contributed by atoms with Crippen LogP contribution in [-0.2, 0) is 0 Å². The molecule has 0 aromatic heterocycles. The van der Waals surface area contributed by atoms with Crippen LogP contribution in [0.3, 0.4) is 0 Å². The van der Waals surface area contributed by atoms with Crippen molar-refractivity contribution < 1.29 is 0 Å². The lowest BCUT2D eigenvalue weighted by atomic mass is 10.5. The third-order valence-electron chi connectivity index (χ3n) is 0.571. The molecule has 6 heavy (non-hydrogen) atoms. The minimum atomic E-state index is 1.02. The molecule has 0 bridgehead atoms. The van der Waals surface area contributed by atoms with Gasteiger partial charge in [-0.15, -0.1) is 9.24 Å². The van der Waals surface area contributed by atoms with E-state index >= 15 is 0 Å². The van der Waals surface area contributed by atoms with E-state index in [4.69, 9.17) is 0 Å². The molecule has 1 N–H and O–H groups in total. The Morgan fingerprint density at radius 1 is 1.67 bits per heavy atom. The van der Waals surface area contributed by atoms with Gasteiger partial charge in [0.1, 0.15) is 0 Å². The van der Waals surface area contributed by atoms with E-state index in [1.165, 1.54) is 6.42 Å². The van der Waals surface area contributed by atoms with E-state index in [-0.39, 0.29) is 0 Å². The molecule has 0 radical (unpaired) electrons. The molecule has 0 amide bonds. The van der Waals surface area contributed by atoms with Crippen LogP contribution in [0.25, 0.3) is 0 Å². The molecule has 0 saturated carbocycles. The maximum Gasteiger partial charge on any atom is 0.00980 e. The summed E-state index contributed by atoms with van der Waals surface area (Å²) in [5, 5.41) is 3.16. The van der Waals surface area contributed by atoms with E-state index in [1.54, 1.807) is 0 Å². The highest BCUT2D eigenvalue weighted by atomic mass is 31.0. The number of hydrogen-bond donors (Lipinski definition) is 1. The Balaban J connectivity index is 2.34. The Hall–Kier alpha value is 0.390. The first-order valence-electron chi connectivity index (χ1n) is 2.32. The lowest BCUT2D eigenvalue weighted by Crippen LogP contribution is -2.10. The maximum absolute atomic E-state index is 3.16. The maximum atomic E-state index is 3.16. The summed E-state index contributed by atoms with van der Waals surface area (Å²) in [4.78, 5) is 0. The lowest BCUT2D eigenvalue weighted by molar-refractivity contribution is 0.756. The van der Waals surface area contributed by atoms with Gasteiger partial charge in [-0.3, -0.25) is 0 Å². The van der Waals surface area contributed by atoms with Gasteiger partial charge < -0.3 is 5.32 Å². The third-order valence-corrected chi connectivity index (χ3v) is 0.860. The fourth-order valence-corrected chi connectivity index (χ4v) is 0.483. The van der Waals surface area contributed by atoms with Crippen molar-refractivity contribution in [1.29, 1.82) is 0 Å². The first-order valence-corrected chi connectivity index (χ1v) is 3.14. The first-order chi connectivity index (χ1) is 2.91. The number of nitrogens with one attached hydrogen (secondary N) is 1. The summed E-state index contributed by atoms with van der Waals surface area (Å²) >= 11 is 0. The summed E-state index contributed by atoms with van der Waals surface area (Å²) in [6.45, 7) is 3.30.